The van der Waals surface area contributed by atoms with Gasteiger partial charge in [-0.05, 0) is 24.3 Å². The summed E-state index contributed by atoms with van der Waals surface area (Å²) in [5, 5.41) is 9.17. The van der Waals surface area contributed by atoms with Crippen LogP contribution >= 0.6 is 46.4 Å². The predicted octanol–water partition coefficient (Wildman–Crippen LogP) is 4.68. The Morgan fingerprint density at radius 1 is 0.714 bits per heavy atom. The van der Waals surface area contributed by atoms with Gasteiger partial charge in [-0.15, -0.1) is 0 Å². The van der Waals surface area contributed by atoms with Crippen molar-refractivity contribution in [1.82, 2.24) is 10.9 Å². The number of halogens is 4. The summed E-state index contributed by atoms with van der Waals surface area (Å²) in [6.45, 7) is 0. The Kier molecular flexibility index (Phi) is 8.73. The minimum Gasteiger partial charge on any atom is -0.273 e. The molecule has 0 radical (unpaired) electrons. The van der Waals surface area contributed by atoms with E-state index in [1.165, 1.54) is 12.4 Å². The zero-order valence-electron chi connectivity index (χ0n) is 14.3. The molecule has 0 unspecified atom stereocenters. The lowest BCUT2D eigenvalue weighted by Gasteiger charge is -2.02. The molecule has 0 aliphatic rings. The zero-order chi connectivity index (χ0) is 20.5. The minimum absolute atomic E-state index is 0.0816. The largest absolute Gasteiger partial charge is 0.273 e. The van der Waals surface area contributed by atoms with E-state index in [0.717, 1.165) is 0 Å². The third-order valence-electron chi connectivity index (χ3n) is 3.34. The second-order valence-corrected chi connectivity index (χ2v) is 6.99. The average molecular weight is 460 g/mol. The highest BCUT2D eigenvalue weighted by atomic mass is 35.5. The van der Waals surface area contributed by atoms with Crippen molar-refractivity contribution in [3.8, 4) is 0 Å². The molecular weight excluding hydrogens is 446 g/mol. The van der Waals surface area contributed by atoms with Crippen LogP contribution in [0.4, 0.5) is 0 Å². The fourth-order valence-corrected chi connectivity index (χ4v) is 2.93. The lowest BCUT2D eigenvalue weighted by Crippen LogP contribution is -2.22. The van der Waals surface area contributed by atoms with Gasteiger partial charge in [0.1, 0.15) is 0 Å². The third-order valence-corrected chi connectivity index (χ3v) is 4.66. The van der Waals surface area contributed by atoms with E-state index in [-0.39, 0.29) is 12.8 Å². The van der Waals surface area contributed by atoms with Gasteiger partial charge in [-0.1, -0.05) is 58.5 Å². The molecule has 0 aliphatic heterocycles. The van der Waals surface area contributed by atoms with E-state index in [9.17, 15) is 9.59 Å². The third kappa shape index (κ3) is 6.80. The first-order chi connectivity index (χ1) is 13.4. The number of hydrazone groups is 2. The van der Waals surface area contributed by atoms with Crippen LogP contribution in [-0.2, 0) is 9.59 Å². The molecule has 0 aromatic heterocycles. The van der Waals surface area contributed by atoms with E-state index in [4.69, 9.17) is 46.4 Å². The number of nitrogens with zero attached hydrogens (tertiary/aromatic N) is 2. The number of carbonyl (C=O) groups excluding carboxylic acids is 2. The zero-order valence-corrected chi connectivity index (χ0v) is 17.3. The van der Waals surface area contributed by atoms with Crippen molar-refractivity contribution >= 4 is 70.6 Å². The Balaban J connectivity index is 1.77. The molecule has 0 saturated carbocycles. The van der Waals surface area contributed by atoms with Crippen LogP contribution in [0.3, 0.4) is 0 Å². The smallest absolute Gasteiger partial charge is 0.240 e. The van der Waals surface area contributed by atoms with Crippen LogP contribution in [0.5, 0.6) is 0 Å². The van der Waals surface area contributed by atoms with Crippen LogP contribution in [0.1, 0.15) is 24.0 Å². The van der Waals surface area contributed by atoms with Crippen molar-refractivity contribution < 1.29 is 9.59 Å². The van der Waals surface area contributed by atoms with Gasteiger partial charge in [0.05, 0.1) is 32.5 Å². The van der Waals surface area contributed by atoms with E-state index in [1.54, 1.807) is 36.4 Å². The molecule has 28 heavy (non-hydrogen) atoms. The van der Waals surface area contributed by atoms with Crippen LogP contribution in [-0.4, -0.2) is 24.2 Å². The van der Waals surface area contributed by atoms with Gasteiger partial charge in [-0.25, -0.2) is 10.9 Å². The fraction of sp³-hybridized carbons (Fsp3) is 0.111. The quantitative estimate of drug-likeness (QED) is 0.465. The number of carbonyl (C=O) groups is 2. The summed E-state index contributed by atoms with van der Waals surface area (Å²) in [7, 11) is 0. The maximum atomic E-state index is 11.7. The Bertz CT molecular complexity index is 816. The molecule has 2 N–H and O–H groups in total. The molecule has 0 spiro atoms. The molecule has 2 rings (SSSR count). The fourth-order valence-electron chi connectivity index (χ4n) is 1.94. The Hall–Kier alpha value is -2.12. The highest BCUT2D eigenvalue weighted by molar-refractivity contribution is 6.39. The highest BCUT2D eigenvalue weighted by Crippen LogP contribution is 2.22. The maximum Gasteiger partial charge on any atom is 0.240 e. The Morgan fingerprint density at radius 3 is 1.36 bits per heavy atom. The van der Waals surface area contributed by atoms with Crippen LogP contribution in [0.2, 0.25) is 20.1 Å². The molecule has 0 heterocycles. The van der Waals surface area contributed by atoms with Crippen LogP contribution < -0.4 is 10.9 Å². The van der Waals surface area contributed by atoms with Crippen molar-refractivity contribution in [3.63, 3.8) is 0 Å². The van der Waals surface area contributed by atoms with Crippen molar-refractivity contribution in [1.29, 1.82) is 0 Å². The summed E-state index contributed by atoms with van der Waals surface area (Å²) in [5.74, 6) is -0.902. The molecule has 0 fully saturated rings. The molecule has 0 saturated heterocycles. The minimum atomic E-state index is -0.451. The molecule has 10 heteroatoms. The van der Waals surface area contributed by atoms with Gasteiger partial charge in [-0.3, -0.25) is 9.59 Å². The van der Waals surface area contributed by atoms with E-state index in [1.807, 2.05) is 0 Å². The second-order valence-electron chi connectivity index (χ2n) is 5.36. The molecule has 2 amide bonds. The topological polar surface area (TPSA) is 82.9 Å². The molecule has 2 aromatic carbocycles. The summed E-state index contributed by atoms with van der Waals surface area (Å²) >= 11 is 24.0. The standard InChI is InChI=1S/C18H14Cl4N4O2/c19-13-3-1-4-14(20)11(13)9-23-25-17(27)7-8-18(28)26-24-10-12-15(21)5-2-6-16(12)22/h1-6,9-10H,7-8H2,(H,25,27)(H,26,28)/b23-9-,24-10+. The maximum absolute atomic E-state index is 11.7. The van der Waals surface area contributed by atoms with Gasteiger partial charge in [0, 0.05) is 24.0 Å². The van der Waals surface area contributed by atoms with Crippen molar-refractivity contribution in [2.45, 2.75) is 12.8 Å². The number of hydrogen-bond donors (Lipinski definition) is 2. The summed E-state index contributed by atoms with van der Waals surface area (Å²) < 4.78 is 0. The van der Waals surface area contributed by atoms with Crippen molar-refractivity contribution in [2.24, 2.45) is 10.2 Å². The van der Waals surface area contributed by atoms with E-state index in [0.29, 0.717) is 31.2 Å². The van der Waals surface area contributed by atoms with Crippen LogP contribution in [0, 0.1) is 0 Å². The first kappa shape index (κ1) is 22.2. The predicted molar refractivity (Wildman–Crippen MR) is 114 cm³/mol. The number of benzene rings is 2. The van der Waals surface area contributed by atoms with Gasteiger partial charge < -0.3 is 0 Å². The summed E-state index contributed by atoms with van der Waals surface area (Å²) in [6.07, 6.45) is 2.50. The number of amides is 2. The molecule has 146 valence electrons. The van der Waals surface area contributed by atoms with Crippen molar-refractivity contribution in [2.75, 3.05) is 0 Å². The number of nitrogens with one attached hydrogen (secondary N) is 2. The molecule has 0 atom stereocenters. The van der Waals surface area contributed by atoms with Gasteiger partial charge >= 0.3 is 0 Å². The molecule has 6 nitrogen and oxygen atoms in total. The van der Waals surface area contributed by atoms with E-state index >= 15 is 0 Å². The van der Waals surface area contributed by atoms with Crippen molar-refractivity contribution in [3.05, 3.63) is 67.6 Å². The molecular formula is C18H14Cl4N4O2. The number of hydrogen-bond acceptors (Lipinski definition) is 4. The summed E-state index contributed by atoms with van der Waals surface area (Å²) in [5.41, 5.74) is 5.56. The lowest BCUT2D eigenvalue weighted by molar-refractivity contribution is -0.126. The molecule has 2 aromatic rings. The molecule has 0 bridgehead atoms. The van der Waals surface area contributed by atoms with Crippen LogP contribution in [0.15, 0.2) is 46.6 Å². The first-order valence-corrected chi connectivity index (χ1v) is 9.41. The second kappa shape index (κ2) is 11.0. The van der Waals surface area contributed by atoms with Gasteiger partial charge in [0.15, 0.2) is 0 Å². The number of rotatable bonds is 7. The monoisotopic (exact) mass is 458 g/mol. The van der Waals surface area contributed by atoms with Gasteiger partial charge in [-0.2, -0.15) is 10.2 Å². The Labute approximate surface area is 181 Å². The van der Waals surface area contributed by atoms with E-state index < -0.39 is 11.8 Å². The summed E-state index contributed by atoms with van der Waals surface area (Å²) in [6, 6.07) is 9.99. The SMILES string of the molecule is O=C(CCC(=O)N/N=C/c1c(Cl)cccc1Cl)N/N=C\c1c(Cl)cccc1Cl. The Morgan fingerprint density at radius 2 is 1.04 bits per heavy atom. The normalized spacial score (nSPS) is 11.1. The van der Waals surface area contributed by atoms with Crippen LogP contribution in [0.25, 0.3) is 0 Å². The van der Waals surface area contributed by atoms with Gasteiger partial charge in [0.2, 0.25) is 11.8 Å². The summed E-state index contributed by atoms with van der Waals surface area (Å²) in [4.78, 5) is 23.5. The lowest BCUT2D eigenvalue weighted by atomic mass is 10.2. The average Bonchev–Trinajstić information content (AvgIpc) is 2.65. The first-order valence-electron chi connectivity index (χ1n) is 7.90. The highest BCUT2D eigenvalue weighted by Gasteiger charge is 2.07. The van der Waals surface area contributed by atoms with E-state index in [2.05, 4.69) is 21.1 Å². The van der Waals surface area contributed by atoms with Gasteiger partial charge in [0.25, 0.3) is 0 Å². The molecule has 0 aliphatic carbocycles.